The van der Waals surface area contributed by atoms with Gasteiger partial charge in [-0.05, 0) is 174 Å². The van der Waals surface area contributed by atoms with Crippen molar-refractivity contribution in [3.8, 4) is 0 Å². The van der Waals surface area contributed by atoms with E-state index in [1.54, 1.807) is 18.2 Å². The molecule has 0 radical (unpaired) electrons. The summed E-state index contributed by atoms with van der Waals surface area (Å²) in [5.41, 5.74) is 0.732. The molecule has 0 N–H and O–H groups in total. The average Bonchev–Trinajstić information content (AvgIpc) is 3.20. The van der Waals surface area contributed by atoms with Crippen molar-refractivity contribution < 1.29 is 19.2 Å². The molecule has 60 heavy (non-hydrogen) atoms. The van der Waals surface area contributed by atoms with Crippen LogP contribution in [0, 0.1) is 34.0 Å². The van der Waals surface area contributed by atoms with Crippen LogP contribution in [0.25, 0.3) is 0 Å². The van der Waals surface area contributed by atoms with Gasteiger partial charge in [0, 0.05) is 13.1 Å². The first-order valence-electron chi connectivity index (χ1n) is 22.5. The molecule has 0 spiro atoms. The van der Waals surface area contributed by atoms with Gasteiger partial charge in [-0.2, -0.15) is 0 Å². The Kier molecular flexibility index (Phi) is 31.3. The van der Waals surface area contributed by atoms with Crippen LogP contribution in [0.2, 0.25) is 0 Å². The maximum absolute atomic E-state index is 10.3. The standard InChI is InChI=1S/C16H24N2O.C12H20N2O.C12H21NO.C9H14N2O/c1-2-17-15-7-3-13(4-8-15)11-14-5-9-16(10-6-14)18-12-19;1-5-13-7-6-11(2)8-12(3,4)9-14-10-15;1-5-12(4)7-10(13-9-14)6-11(2,3)8-12;1-2-10-7-5-3-4-6-8-11-9-12/h13-16H,1,3-11H2;11H,1,6-9H2,2-4H3;10H,5-8H2,1-4H3;1,3-8H2. The fraction of sp³-hybridized carbons (Fsp3) is 0.796. The molecule has 334 valence electrons. The fourth-order valence-electron chi connectivity index (χ4n) is 9.29. The van der Waals surface area contributed by atoms with Crippen LogP contribution in [0.5, 0.6) is 0 Å². The SMILES string of the molecule is C=C=NC1CCC(CC2CCC(N=C=O)CC2)CC1.C=C=NCCC(C)CC(C)(C)CN=C=O.C=C=NCCCCCCN=C=O.CCC1(C)CC(N=C=O)CC(C)(C)C1. The third-order valence-electron chi connectivity index (χ3n) is 12.1. The smallest absolute Gasteiger partial charge is 0.235 e. The lowest BCUT2D eigenvalue weighted by Crippen LogP contribution is -2.37. The summed E-state index contributed by atoms with van der Waals surface area (Å²) in [4.78, 5) is 67.2. The van der Waals surface area contributed by atoms with Crippen molar-refractivity contribution in [2.75, 3.05) is 26.2 Å². The Morgan fingerprint density at radius 2 is 1.12 bits per heavy atom. The summed E-state index contributed by atoms with van der Waals surface area (Å²) in [6, 6.07) is 0.930. The molecular formula is C49H79N7O4. The monoisotopic (exact) mass is 830 g/mol. The largest absolute Gasteiger partial charge is 0.244 e. The molecule has 0 saturated heterocycles. The normalized spacial score (nSPS) is 24.3. The Balaban J connectivity index is 0.000000786. The van der Waals surface area contributed by atoms with Crippen molar-refractivity contribution in [1.82, 2.24) is 0 Å². The number of hydrogen-bond acceptors (Lipinski definition) is 11. The molecule has 0 heterocycles. The minimum atomic E-state index is 0.0642. The summed E-state index contributed by atoms with van der Waals surface area (Å²) in [7, 11) is 0. The number of rotatable bonds is 20. The molecule has 3 unspecified atom stereocenters. The summed E-state index contributed by atoms with van der Waals surface area (Å²) in [5, 5.41) is 0. The van der Waals surface area contributed by atoms with Gasteiger partial charge in [0.15, 0.2) is 0 Å². The molecule has 0 aromatic carbocycles. The summed E-state index contributed by atoms with van der Waals surface area (Å²) in [5.74, 6) is 9.99. The molecule has 3 rings (SSSR count). The second-order valence-corrected chi connectivity index (χ2v) is 19.0. The predicted molar refractivity (Wildman–Crippen MR) is 248 cm³/mol. The lowest BCUT2D eigenvalue weighted by molar-refractivity contribution is 0.0809. The first-order chi connectivity index (χ1) is 28.6. The van der Waals surface area contributed by atoms with E-state index in [-0.39, 0.29) is 17.5 Å². The van der Waals surface area contributed by atoms with Gasteiger partial charge in [0.05, 0.1) is 31.2 Å². The van der Waals surface area contributed by atoms with Crippen LogP contribution in [0.4, 0.5) is 0 Å². The van der Waals surface area contributed by atoms with Crippen LogP contribution >= 0.6 is 0 Å². The van der Waals surface area contributed by atoms with Crippen molar-refractivity contribution >= 4 is 41.9 Å². The molecule has 3 saturated carbocycles. The van der Waals surface area contributed by atoms with Crippen LogP contribution in [0.1, 0.15) is 170 Å². The molecule has 0 aromatic rings. The van der Waals surface area contributed by atoms with E-state index in [0.29, 0.717) is 35.9 Å². The highest BCUT2D eigenvalue weighted by atomic mass is 16.1. The number of aliphatic imine (C=N–C) groups is 7. The van der Waals surface area contributed by atoms with Crippen LogP contribution in [0.3, 0.4) is 0 Å². The van der Waals surface area contributed by atoms with E-state index in [4.69, 9.17) is 0 Å². The van der Waals surface area contributed by atoms with Gasteiger partial charge < -0.3 is 0 Å². The summed E-state index contributed by atoms with van der Waals surface area (Å²) >= 11 is 0. The minimum absolute atomic E-state index is 0.0642. The van der Waals surface area contributed by atoms with E-state index < -0.39 is 0 Å². The summed E-state index contributed by atoms with van der Waals surface area (Å²) < 4.78 is 0. The molecule has 3 atom stereocenters. The number of carbonyl (C=O) groups excluding carboxylic acids is 4. The highest BCUT2D eigenvalue weighted by Gasteiger charge is 2.40. The highest BCUT2D eigenvalue weighted by Crippen LogP contribution is 2.48. The Bertz CT molecular complexity index is 1470. The molecule has 0 aliphatic heterocycles. The first kappa shape index (κ1) is 55.9. The van der Waals surface area contributed by atoms with Crippen LogP contribution in [-0.2, 0) is 19.2 Å². The molecule has 0 amide bonds. The Labute approximate surface area is 363 Å². The van der Waals surface area contributed by atoms with Crippen LogP contribution in [0.15, 0.2) is 54.7 Å². The van der Waals surface area contributed by atoms with E-state index in [1.165, 1.54) is 63.9 Å². The molecule has 11 nitrogen and oxygen atoms in total. The molecule has 0 bridgehead atoms. The zero-order valence-electron chi connectivity index (χ0n) is 38.6. The third kappa shape index (κ3) is 29.2. The first-order valence-corrected chi connectivity index (χ1v) is 22.5. The maximum atomic E-state index is 10.3. The highest BCUT2D eigenvalue weighted by molar-refractivity contribution is 5.47. The van der Waals surface area contributed by atoms with Gasteiger partial charge in [0.25, 0.3) is 0 Å². The van der Waals surface area contributed by atoms with Crippen LogP contribution < -0.4 is 0 Å². The van der Waals surface area contributed by atoms with Crippen molar-refractivity contribution in [1.29, 1.82) is 0 Å². The average molecular weight is 830 g/mol. The minimum Gasteiger partial charge on any atom is -0.244 e. The predicted octanol–water partition coefficient (Wildman–Crippen LogP) is 11.4. The molecule has 3 aliphatic carbocycles. The Morgan fingerprint density at radius 3 is 1.60 bits per heavy atom. The van der Waals surface area contributed by atoms with Gasteiger partial charge in [-0.15, -0.1) is 0 Å². The molecule has 11 heteroatoms. The van der Waals surface area contributed by atoms with E-state index in [0.717, 1.165) is 89.1 Å². The van der Waals surface area contributed by atoms with Gasteiger partial charge in [-0.3, -0.25) is 0 Å². The second kappa shape index (κ2) is 33.6. The van der Waals surface area contributed by atoms with Crippen molar-refractivity contribution in [3.05, 3.63) is 19.7 Å². The van der Waals surface area contributed by atoms with E-state index in [1.807, 2.05) is 0 Å². The number of unbranched alkanes of at least 4 members (excludes halogenated alkanes) is 3. The van der Waals surface area contributed by atoms with E-state index >= 15 is 0 Å². The third-order valence-corrected chi connectivity index (χ3v) is 12.1. The van der Waals surface area contributed by atoms with Gasteiger partial charge in [-0.25, -0.2) is 54.1 Å². The van der Waals surface area contributed by atoms with Gasteiger partial charge in [0.2, 0.25) is 24.3 Å². The van der Waals surface area contributed by atoms with Gasteiger partial charge in [-0.1, -0.05) is 67.7 Å². The zero-order valence-corrected chi connectivity index (χ0v) is 38.6. The van der Waals surface area contributed by atoms with Crippen molar-refractivity contribution in [2.45, 2.75) is 189 Å². The quantitative estimate of drug-likeness (QED) is 0.0680. The van der Waals surface area contributed by atoms with Crippen molar-refractivity contribution in [3.63, 3.8) is 0 Å². The molecular weight excluding hydrogens is 751 g/mol. The summed E-state index contributed by atoms with van der Waals surface area (Å²) in [6.07, 6.45) is 28.3. The van der Waals surface area contributed by atoms with Gasteiger partial charge >= 0.3 is 0 Å². The number of nitrogens with zero attached hydrogens (tertiary/aromatic N) is 7. The van der Waals surface area contributed by atoms with E-state index in [2.05, 4.69) is 121 Å². The maximum Gasteiger partial charge on any atom is 0.235 e. The molecule has 3 aliphatic rings. The number of hydrogen-bond donors (Lipinski definition) is 0. The number of isocyanates is 4. The van der Waals surface area contributed by atoms with E-state index in [9.17, 15) is 19.2 Å². The summed E-state index contributed by atoms with van der Waals surface area (Å²) in [6.45, 7) is 28.6. The Hall–Kier alpha value is -4.13. The topological polar surface area (TPSA) is 155 Å². The molecule has 0 aromatic heterocycles. The lowest BCUT2D eigenvalue weighted by atomic mass is 9.62. The fourth-order valence-corrected chi connectivity index (χ4v) is 9.29. The Morgan fingerprint density at radius 1 is 0.617 bits per heavy atom. The van der Waals surface area contributed by atoms with Crippen molar-refractivity contribution in [2.24, 2.45) is 68.9 Å². The lowest BCUT2D eigenvalue weighted by Gasteiger charge is -2.44. The van der Waals surface area contributed by atoms with Gasteiger partial charge in [0.1, 0.15) is 0 Å². The molecule has 3 fully saturated rings. The van der Waals surface area contributed by atoms with Crippen LogP contribution in [-0.4, -0.2) is 86.2 Å². The second-order valence-electron chi connectivity index (χ2n) is 19.0. The zero-order chi connectivity index (χ0) is 45.1.